The van der Waals surface area contributed by atoms with E-state index < -0.39 is 0 Å². The largest absolute Gasteiger partial charge is 0.293 e. The third-order valence-electron chi connectivity index (χ3n) is 2.07. The van der Waals surface area contributed by atoms with E-state index in [1.165, 1.54) is 0 Å². The third-order valence-corrected chi connectivity index (χ3v) is 2.07. The molecule has 4 nitrogen and oxygen atoms in total. The van der Waals surface area contributed by atoms with E-state index in [0.29, 0.717) is 18.5 Å². The first-order valence-corrected chi connectivity index (χ1v) is 3.81. The van der Waals surface area contributed by atoms with Gasteiger partial charge >= 0.3 is 0 Å². The lowest BCUT2D eigenvalue weighted by atomic mass is 9.90. The van der Waals surface area contributed by atoms with Gasteiger partial charge in [-0.2, -0.15) is 0 Å². The zero-order chi connectivity index (χ0) is 8.55. The molecule has 62 valence electrons. The van der Waals surface area contributed by atoms with E-state index in [9.17, 15) is 9.59 Å². The first-order chi connectivity index (χ1) is 5.77. The van der Waals surface area contributed by atoms with Crippen molar-refractivity contribution >= 4 is 18.0 Å². The van der Waals surface area contributed by atoms with E-state index in [0.717, 1.165) is 0 Å². The number of hydrogen-bond donors (Lipinski definition) is 1. The fraction of sp³-hybridized carbons (Fsp3) is 0.375. The van der Waals surface area contributed by atoms with Crippen LogP contribution in [0.15, 0.2) is 16.6 Å². The van der Waals surface area contributed by atoms with Gasteiger partial charge in [0.05, 0.1) is 0 Å². The number of nitrogens with one attached hydrogen (secondary N) is 1. The predicted molar refractivity (Wildman–Crippen MR) is 42.7 cm³/mol. The number of carbonyl (C=O) groups is 2. The third kappa shape index (κ3) is 1.05. The highest BCUT2D eigenvalue weighted by Gasteiger charge is 2.30. The molecule has 2 aliphatic rings. The van der Waals surface area contributed by atoms with Crippen LogP contribution in [-0.2, 0) is 9.59 Å². The highest BCUT2D eigenvalue weighted by Crippen LogP contribution is 2.21. The topological polar surface area (TPSA) is 58.5 Å². The SMILES string of the molecule is O=C1CC2CN=CC=C2C(=O)N1. The van der Waals surface area contributed by atoms with Gasteiger partial charge in [-0.3, -0.25) is 19.9 Å². The second kappa shape index (κ2) is 2.55. The summed E-state index contributed by atoms with van der Waals surface area (Å²) in [4.78, 5) is 26.1. The van der Waals surface area contributed by atoms with Crippen molar-refractivity contribution in [1.82, 2.24) is 5.32 Å². The number of piperidine rings is 1. The van der Waals surface area contributed by atoms with E-state index in [4.69, 9.17) is 0 Å². The zero-order valence-corrected chi connectivity index (χ0v) is 6.41. The molecule has 2 heterocycles. The van der Waals surface area contributed by atoms with Gasteiger partial charge in [-0.1, -0.05) is 0 Å². The number of hydrogen-bond acceptors (Lipinski definition) is 3. The van der Waals surface area contributed by atoms with Gasteiger partial charge in [-0.15, -0.1) is 0 Å². The number of rotatable bonds is 0. The van der Waals surface area contributed by atoms with Gasteiger partial charge in [-0.05, 0) is 6.08 Å². The van der Waals surface area contributed by atoms with Gasteiger partial charge in [-0.25, -0.2) is 0 Å². The molecule has 4 heteroatoms. The van der Waals surface area contributed by atoms with Crippen molar-refractivity contribution in [1.29, 1.82) is 0 Å². The molecule has 0 bridgehead atoms. The van der Waals surface area contributed by atoms with Gasteiger partial charge < -0.3 is 0 Å². The highest BCUT2D eigenvalue weighted by molar-refractivity contribution is 6.09. The summed E-state index contributed by atoms with van der Waals surface area (Å²) in [6, 6.07) is 0. The van der Waals surface area contributed by atoms with Crippen LogP contribution in [0.4, 0.5) is 0 Å². The summed E-state index contributed by atoms with van der Waals surface area (Å²) in [5.41, 5.74) is 0.685. The molecule has 1 unspecified atom stereocenters. The fourth-order valence-electron chi connectivity index (χ4n) is 1.46. The molecule has 1 atom stereocenters. The quantitative estimate of drug-likeness (QED) is 0.498. The van der Waals surface area contributed by atoms with Crippen LogP contribution in [0.25, 0.3) is 0 Å². The number of dihydropyridines is 1. The van der Waals surface area contributed by atoms with Crippen LogP contribution in [0.1, 0.15) is 6.42 Å². The molecule has 0 aromatic carbocycles. The molecule has 1 N–H and O–H groups in total. The second-order valence-electron chi connectivity index (χ2n) is 2.91. The van der Waals surface area contributed by atoms with E-state index >= 15 is 0 Å². The van der Waals surface area contributed by atoms with Gasteiger partial charge in [0.25, 0.3) is 5.91 Å². The van der Waals surface area contributed by atoms with E-state index in [1.54, 1.807) is 12.3 Å². The van der Waals surface area contributed by atoms with Crippen LogP contribution < -0.4 is 5.32 Å². The molecular formula is C8H8N2O2. The monoisotopic (exact) mass is 164 g/mol. The Morgan fingerprint density at radius 2 is 2.33 bits per heavy atom. The Hall–Kier alpha value is -1.45. The first-order valence-electron chi connectivity index (χ1n) is 3.81. The van der Waals surface area contributed by atoms with Crippen molar-refractivity contribution < 1.29 is 9.59 Å². The highest BCUT2D eigenvalue weighted by atomic mass is 16.2. The van der Waals surface area contributed by atoms with Gasteiger partial charge in [0.15, 0.2) is 0 Å². The number of imide groups is 1. The van der Waals surface area contributed by atoms with Crippen LogP contribution in [0.2, 0.25) is 0 Å². The van der Waals surface area contributed by atoms with Crippen molar-refractivity contribution in [2.24, 2.45) is 10.9 Å². The summed E-state index contributed by atoms with van der Waals surface area (Å²) in [7, 11) is 0. The van der Waals surface area contributed by atoms with Crippen LogP contribution in [0, 0.1) is 5.92 Å². The molecule has 1 saturated heterocycles. The van der Waals surface area contributed by atoms with Crippen LogP contribution in [-0.4, -0.2) is 24.6 Å². The number of nitrogens with zero attached hydrogens (tertiary/aromatic N) is 1. The van der Waals surface area contributed by atoms with Gasteiger partial charge in [0, 0.05) is 30.7 Å². The Morgan fingerprint density at radius 3 is 3.17 bits per heavy atom. The van der Waals surface area contributed by atoms with E-state index in [2.05, 4.69) is 10.3 Å². The number of amides is 2. The van der Waals surface area contributed by atoms with Crippen molar-refractivity contribution in [3.63, 3.8) is 0 Å². The molecule has 2 amide bonds. The Labute approximate surface area is 69.4 Å². The minimum Gasteiger partial charge on any atom is -0.293 e. The van der Waals surface area contributed by atoms with Crippen LogP contribution in [0.3, 0.4) is 0 Å². The number of fused-ring (bicyclic) bond motifs is 1. The lowest BCUT2D eigenvalue weighted by molar-refractivity contribution is -0.131. The molecule has 0 aromatic heterocycles. The lowest BCUT2D eigenvalue weighted by Gasteiger charge is -2.23. The maximum atomic E-state index is 11.2. The number of carbonyl (C=O) groups excluding carboxylic acids is 2. The molecule has 0 radical (unpaired) electrons. The molecule has 1 fully saturated rings. The smallest absolute Gasteiger partial charge is 0.254 e. The fourth-order valence-corrected chi connectivity index (χ4v) is 1.46. The van der Waals surface area contributed by atoms with Crippen molar-refractivity contribution in [2.75, 3.05) is 6.54 Å². The summed E-state index contributed by atoms with van der Waals surface area (Å²) < 4.78 is 0. The van der Waals surface area contributed by atoms with E-state index in [-0.39, 0.29) is 17.7 Å². The molecule has 12 heavy (non-hydrogen) atoms. The van der Waals surface area contributed by atoms with Crippen molar-refractivity contribution in [2.45, 2.75) is 6.42 Å². The van der Waals surface area contributed by atoms with E-state index in [1.807, 2.05) is 0 Å². The maximum Gasteiger partial charge on any atom is 0.254 e. The first kappa shape index (κ1) is 7.21. The Morgan fingerprint density at radius 1 is 1.50 bits per heavy atom. The van der Waals surface area contributed by atoms with Gasteiger partial charge in [0.2, 0.25) is 5.91 Å². The Kier molecular flexibility index (Phi) is 1.53. The molecule has 0 spiro atoms. The standard InChI is InChI=1S/C8H8N2O2/c11-7-3-5-4-9-2-1-6(5)8(12)10-7/h1-2,5H,3-4H2,(H,10,11,12). The van der Waals surface area contributed by atoms with Gasteiger partial charge in [0.1, 0.15) is 0 Å². The number of aliphatic imine (C=N–C) groups is 1. The maximum absolute atomic E-state index is 11.2. The van der Waals surface area contributed by atoms with Crippen molar-refractivity contribution in [3.05, 3.63) is 11.6 Å². The summed E-state index contributed by atoms with van der Waals surface area (Å²) in [6.45, 7) is 0.561. The van der Waals surface area contributed by atoms with Crippen molar-refractivity contribution in [3.8, 4) is 0 Å². The minimum absolute atomic E-state index is 0.0104. The molecular weight excluding hydrogens is 156 g/mol. The summed E-state index contributed by atoms with van der Waals surface area (Å²) in [6.07, 6.45) is 3.67. The zero-order valence-electron chi connectivity index (χ0n) is 6.41. The average Bonchev–Trinajstić information content (AvgIpc) is 2.04. The Bertz CT molecular complexity index is 304. The lowest BCUT2D eigenvalue weighted by Crippen LogP contribution is -2.42. The molecule has 2 rings (SSSR count). The molecule has 2 aliphatic heterocycles. The summed E-state index contributed by atoms with van der Waals surface area (Å²) in [5, 5.41) is 2.27. The predicted octanol–water partition coefficient (Wildman–Crippen LogP) is -0.340. The molecule has 0 aromatic rings. The average molecular weight is 164 g/mol. The number of allylic oxidation sites excluding steroid dienone is 1. The van der Waals surface area contributed by atoms with Crippen LogP contribution in [0.5, 0.6) is 0 Å². The Balaban J connectivity index is 2.30. The second-order valence-corrected chi connectivity index (χ2v) is 2.91. The molecule has 0 saturated carbocycles. The summed E-state index contributed by atoms with van der Waals surface area (Å²) >= 11 is 0. The molecule has 0 aliphatic carbocycles. The van der Waals surface area contributed by atoms with Crippen LogP contribution >= 0.6 is 0 Å². The minimum atomic E-state index is -0.262. The normalized spacial score (nSPS) is 27.7. The summed E-state index contributed by atoms with van der Waals surface area (Å²) in [5.74, 6) is -0.446.